The lowest BCUT2D eigenvalue weighted by atomic mass is 10.3. The first-order valence-electron chi connectivity index (χ1n) is 3.13. The molecule has 0 fully saturated rings. The molecule has 13 heavy (non-hydrogen) atoms. The predicted molar refractivity (Wildman–Crippen MR) is 45.4 cm³/mol. The first-order chi connectivity index (χ1) is 5.90. The van der Waals surface area contributed by atoms with Gasteiger partial charge in [0.1, 0.15) is 0 Å². The van der Waals surface area contributed by atoms with E-state index in [4.69, 9.17) is 11.6 Å². The van der Waals surface area contributed by atoms with E-state index in [1.54, 1.807) is 0 Å². The van der Waals surface area contributed by atoms with Crippen molar-refractivity contribution in [3.63, 3.8) is 0 Å². The molecule has 0 saturated carbocycles. The molecule has 0 bridgehead atoms. The number of alkyl halides is 3. The largest absolute Gasteiger partial charge is 0.573 e. The van der Waals surface area contributed by atoms with Crippen molar-refractivity contribution in [2.45, 2.75) is 11.3 Å². The average Bonchev–Trinajstić information content (AvgIpc) is 1.95. The zero-order valence-corrected chi connectivity index (χ0v) is 7.75. The Hall–Kier alpha value is -0.550. The molecule has 0 unspecified atom stereocenters. The molecule has 1 aromatic rings. The number of hydrogen-bond donors (Lipinski definition) is 1. The quantitative estimate of drug-likeness (QED) is 0.724. The minimum absolute atomic E-state index is 0.0461. The number of thiol groups is 1. The van der Waals surface area contributed by atoms with Gasteiger partial charge < -0.3 is 4.74 Å². The summed E-state index contributed by atoms with van der Waals surface area (Å²) in [5, 5.41) is -0.121. The molecule has 1 aromatic carbocycles. The van der Waals surface area contributed by atoms with Gasteiger partial charge in [-0.1, -0.05) is 17.7 Å². The standard InChI is InChI=1S/C7H4ClF3OS/c8-4-2-1-3-5(13)6(4)12-7(9,10)11/h1-3,13H. The van der Waals surface area contributed by atoms with Gasteiger partial charge in [-0.05, 0) is 12.1 Å². The van der Waals surface area contributed by atoms with Crippen molar-refractivity contribution < 1.29 is 17.9 Å². The van der Waals surface area contributed by atoms with E-state index in [0.717, 1.165) is 0 Å². The summed E-state index contributed by atoms with van der Waals surface area (Å²) in [5.41, 5.74) is 0. The molecule has 0 atom stereocenters. The van der Waals surface area contributed by atoms with E-state index in [2.05, 4.69) is 17.4 Å². The second-order valence-corrected chi connectivity index (χ2v) is 3.02. The molecule has 1 rings (SSSR count). The molecular formula is C7H4ClF3OS. The van der Waals surface area contributed by atoms with Crippen molar-refractivity contribution in [3.05, 3.63) is 23.2 Å². The van der Waals surface area contributed by atoms with E-state index in [9.17, 15) is 13.2 Å². The van der Waals surface area contributed by atoms with Gasteiger partial charge in [-0.25, -0.2) is 0 Å². The highest BCUT2D eigenvalue weighted by Gasteiger charge is 2.32. The molecular weight excluding hydrogens is 225 g/mol. The molecule has 6 heteroatoms. The molecule has 0 spiro atoms. The Balaban J connectivity index is 3.00. The minimum Gasteiger partial charge on any atom is -0.403 e. The molecule has 0 amide bonds. The topological polar surface area (TPSA) is 9.23 Å². The molecule has 0 saturated heterocycles. The van der Waals surface area contributed by atoms with E-state index in [-0.39, 0.29) is 9.92 Å². The van der Waals surface area contributed by atoms with Crippen molar-refractivity contribution in [1.82, 2.24) is 0 Å². The highest BCUT2D eigenvalue weighted by molar-refractivity contribution is 7.80. The first kappa shape index (κ1) is 10.5. The third kappa shape index (κ3) is 3.00. The smallest absolute Gasteiger partial charge is 0.403 e. The number of halogens is 4. The maximum Gasteiger partial charge on any atom is 0.573 e. The number of rotatable bonds is 1. The van der Waals surface area contributed by atoms with Gasteiger partial charge >= 0.3 is 6.36 Å². The Bertz CT molecular complexity index is 293. The molecule has 0 aromatic heterocycles. The Labute approximate surface area is 82.9 Å². The van der Waals surface area contributed by atoms with Gasteiger partial charge in [0.2, 0.25) is 0 Å². The summed E-state index contributed by atoms with van der Waals surface area (Å²) in [4.78, 5) is 0.0461. The van der Waals surface area contributed by atoms with Crippen molar-refractivity contribution in [1.29, 1.82) is 0 Å². The van der Waals surface area contributed by atoms with E-state index >= 15 is 0 Å². The van der Waals surface area contributed by atoms with Crippen LogP contribution in [0.3, 0.4) is 0 Å². The Morgan fingerprint density at radius 2 is 1.92 bits per heavy atom. The zero-order valence-electron chi connectivity index (χ0n) is 6.10. The molecule has 0 aliphatic heterocycles. The molecule has 1 nitrogen and oxygen atoms in total. The van der Waals surface area contributed by atoms with Crippen molar-refractivity contribution in [3.8, 4) is 5.75 Å². The van der Waals surface area contributed by atoms with Gasteiger partial charge in [0.15, 0.2) is 5.75 Å². The van der Waals surface area contributed by atoms with Crippen LogP contribution in [0.5, 0.6) is 5.75 Å². The van der Waals surface area contributed by atoms with E-state index in [1.165, 1.54) is 18.2 Å². The molecule has 72 valence electrons. The van der Waals surface area contributed by atoms with Crippen LogP contribution in [0, 0.1) is 0 Å². The first-order valence-corrected chi connectivity index (χ1v) is 3.96. The highest BCUT2D eigenvalue weighted by atomic mass is 35.5. The van der Waals surface area contributed by atoms with Crippen molar-refractivity contribution in [2.75, 3.05) is 0 Å². The van der Waals surface area contributed by atoms with E-state index in [0.29, 0.717) is 0 Å². The molecule has 0 radical (unpaired) electrons. The fourth-order valence-corrected chi connectivity index (χ4v) is 1.25. The van der Waals surface area contributed by atoms with Crippen LogP contribution in [-0.4, -0.2) is 6.36 Å². The Morgan fingerprint density at radius 1 is 1.31 bits per heavy atom. The SMILES string of the molecule is FC(F)(F)Oc1c(S)cccc1Cl. The van der Waals surface area contributed by atoms with Crippen LogP contribution in [0.2, 0.25) is 5.02 Å². The van der Waals surface area contributed by atoms with Crippen LogP contribution in [0.25, 0.3) is 0 Å². The molecule has 0 aliphatic carbocycles. The highest BCUT2D eigenvalue weighted by Crippen LogP contribution is 2.35. The minimum atomic E-state index is -4.75. The predicted octanol–water partition coefficient (Wildman–Crippen LogP) is 3.53. The van der Waals surface area contributed by atoms with Gasteiger partial charge in [0, 0.05) is 4.90 Å². The summed E-state index contributed by atoms with van der Waals surface area (Å²) >= 11 is 9.23. The van der Waals surface area contributed by atoms with Crippen LogP contribution in [0.15, 0.2) is 23.1 Å². The lowest BCUT2D eigenvalue weighted by Gasteiger charge is -2.11. The van der Waals surface area contributed by atoms with Gasteiger partial charge in [0.25, 0.3) is 0 Å². The second-order valence-electron chi connectivity index (χ2n) is 2.14. The Morgan fingerprint density at radius 3 is 2.38 bits per heavy atom. The lowest BCUT2D eigenvalue weighted by Crippen LogP contribution is -2.17. The van der Waals surface area contributed by atoms with Gasteiger partial charge in [-0.2, -0.15) is 0 Å². The third-order valence-electron chi connectivity index (χ3n) is 1.16. The molecule has 0 aliphatic rings. The molecule has 0 heterocycles. The van der Waals surface area contributed by atoms with Crippen LogP contribution in [0.4, 0.5) is 13.2 Å². The number of para-hydroxylation sites is 1. The molecule has 0 N–H and O–H groups in total. The normalized spacial score (nSPS) is 11.5. The summed E-state index contributed by atoms with van der Waals surface area (Å²) in [7, 11) is 0. The maximum absolute atomic E-state index is 11.8. The summed E-state index contributed by atoms with van der Waals surface area (Å²) in [5.74, 6) is -0.472. The summed E-state index contributed by atoms with van der Waals surface area (Å²) < 4.78 is 39.0. The van der Waals surface area contributed by atoms with Gasteiger partial charge in [0.05, 0.1) is 5.02 Å². The summed E-state index contributed by atoms with van der Waals surface area (Å²) in [6.07, 6.45) is -4.75. The fourth-order valence-electron chi connectivity index (χ4n) is 0.714. The number of benzene rings is 1. The van der Waals surface area contributed by atoms with E-state index in [1.807, 2.05) is 0 Å². The van der Waals surface area contributed by atoms with Crippen molar-refractivity contribution in [2.24, 2.45) is 0 Å². The number of hydrogen-bond acceptors (Lipinski definition) is 2. The lowest BCUT2D eigenvalue weighted by molar-refractivity contribution is -0.275. The third-order valence-corrected chi connectivity index (χ3v) is 1.81. The van der Waals surface area contributed by atoms with Gasteiger partial charge in [-0.15, -0.1) is 25.8 Å². The van der Waals surface area contributed by atoms with Crippen LogP contribution in [-0.2, 0) is 0 Å². The fraction of sp³-hybridized carbons (Fsp3) is 0.143. The summed E-state index contributed by atoms with van der Waals surface area (Å²) in [6, 6.07) is 4.13. The second kappa shape index (κ2) is 3.67. The van der Waals surface area contributed by atoms with Crippen LogP contribution in [0.1, 0.15) is 0 Å². The maximum atomic E-state index is 11.8. The number of ether oxygens (including phenoxy) is 1. The zero-order chi connectivity index (χ0) is 10.1. The van der Waals surface area contributed by atoms with Crippen LogP contribution >= 0.6 is 24.2 Å². The van der Waals surface area contributed by atoms with Crippen molar-refractivity contribution >= 4 is 24.2 Å². The Kier molecular flexibility index (Phi) is 2.98. The monoisotopic (exact) mass is 228 g/mol. The van der Waals surface area contributed by atoms with E-state index < -0.39 is 12.1 Å². The van der Waals surface area contributed by atoms with Crippen LogP contribution < -0.4 is 4.74 Å². The average molecular weight is 229 g/mol. The summed E-state index contributed by atoms with van der Waals surface area (Å²) in [6.45, 7) is 0. The van der Waals surface area contributed by atoms with Gasteiger partial charge in [-0.3, -0.25) is 0 Å².